The molecule has 2 unspecified atom stereocenters. The van der Waals surface area contributed by atoms with E-state index in [0.29, 0.717) is 0 Å². The highest BCUT2D eigenvalue weighted by atomic mass is 19.3. The zero-order valence-corrected chi connectivity index (χ0v) is 9.87. The third kappa shape index (κ3) is 1.89. The van der Waals surface area contributed by atoms with Gasteiger partial charge in [0.15, 0.2) is 0 Å². The average molecular weight is 246 g/mol. The molecule has 0 radical (unpaired) electrons. The van der Waals surface area contributed by atoms with Crippen molar-refractivity contribution >= 4 is 11.8 Å². The molecular weight excluding hydrogens is 230 g/mol. The van der Waals surface area contributed by atoms with Gasteiger partial charge in [0.05, 0.1) is 6.54 Å². The number of rotatable bonds is 3. The van der Waals surface area contributed by atoms with Gasteiger partial charge in [-0.1, -0.05) is 0 Å². The quantitative estimate of drug-likeness (QED) is 0.799. The maximum absolute atomic E-state index is 12.5. The molecule has 2 atom stereocenters. The van der Waals surface area contributed by atoms with Gasteiger partial charge in [-0.15, -0.1) is 0 Å². The normalized spacial score (nSPS) is 34.2. The van der Waals surface area contributed by atoms with Crippen molar-refractivity contribution < 1.29 is 18.4 Å². The molecule has 2 fully saturated rings. The van der Waals surface area contributed by atoms with Gasteiger partial charge in [-0.25, -0.2) is 8.78 Å². The molecule has 0 bridgehead atoms. The van der Waals surface area contributed by atoms with Crippen molar-refractivity contribution in [3.8, 4) is 0 Å². The number of halogens is 2. The lowest BCUT2D eigenvalue weighted by atomic mass is 9.88. The van der Waals surface area contributed by atoms with E-state index in [-0.39, 0.29) is 11.8 Å². The van der Waals surface area contributed by atoms with E-state index in [9.17, 15) is 18.4 Å². The Morgan fingerprint density at radius 3 is 2.53 bits per heavy atom. The summed E-state index contributed by atoms with van der Waals surface area (Å²) in [5, 5.41) is 2.57. The van der Waals surface area contributed by atoms with Gasteiger partial charge in [0.25, 0.3) is 6.43 Å². The van der Waals surface area contributed by atoms with Gasteiger partial charge in [0, 0.05) is 0 Å². The molecule has 1 aliphatic heterocycles. The molecule has 1 N–H and O–H groups in total. The summed E-state index contributed by atoms with van der Waals surface area (Å²) in [5.74, 6) is -0.718. The fourth-order valence-corrected chi connectivity index (χ4v) is 2.46. The fourth-order valence-electron chi connectivity index (χ4n) is 2.46. The van der Waals surface area contributed by atoms with Crippen molar-refractivity contribution in [3.05, 3.63) is 0 Å². The number of nitrogens with one attached hydrogen (secondary N) is 1. The molecule has 1 heterocycles. The van der Waals surface area contributed by atoms with Crippen LogP contribution in [0.25, 0.3) is 0 Å². The van der Waals surface area contributed by atoms with Crippen LogP contribution in [0, 0.1) is 5.92 Å². The van der Waals surface area contributed by atoms with Crippen LogP contribution in [0.15, 0.2) is 0 Å². The number of amides is 2. The van der Waals surface area contributed by atoms with Gasteiger partial charge >= 0.3 is 0 Å². The first-order valence-corrected chi connectivity index (χ1v) is 5.78. The summed E-state index contributed by atoms with van der Waals surface area (Å²) >= 11 is 0. The molecule has 17 heavy (non-hydrogen) atoms. The van der Waals surface area contributed by atoms with Crippen LogP contribution in [0.4, 0.5) is 8.78 Å². The van der Waals surface area contributed by atoms with E-state index in [2.05, 4.69) is 5.32 Å². The maximum atomic E-state index is 12.5. The summed E-state index contributed by atoms with van der Waals surface area (Å²) in [7, 11) is 0. The summed E-state index contributed by atoms with van der Waals surface area (Å²) in [6.07, 6.45) is -0.994. The van der Waals surface area contributed by atoms with Gasteiger partial charge in [-0.05, 0) is 32.6 Å². The average Bonchev–Trinajstić information content (AvgIpc) is 3.05. The highest BCUT2D eigenvalue weighted by molar-refractivity contribution is 5.99. The van der Waals surface area contributed by atoms with Crippen molar-refractivity contribution in [3.63, 3.8) is 0 Å². The molecular formula is C11H16F2N2O2. The van der Waals surface area contributed by atoms with Crippen LogP contribution >= 0.6 is 0 Å². The molecule has 1 saturated heterocycles. The summed E-state index contributed by atoms with van der Waals surface area (Å²) in [4.78, 5) is 25.0. The smallest absolute Gasteiger partial charge is 0.255 e. The van der Waals surface area contributed by atoms with E-state index in [1.165, 1.54) is 6.92 Å². The van der Waals surface area contributed by atoms with Crippen molar-refractivity contribution in [2.24, 2.45) is 5.92 Å². The Balaban J connectivity index is 2.31. The molecule has 0 aromatic heterocycles. The van der Waals surface area contributed by atoms with E-state index in [1.54, 1.807) is 6.92 Å². The largest absolute Gasteiger partial charge is 0.343 e. The Hall–Kier alpha value is -1.20. The predicted octanol–water partition coefficient (Wildman–Crippen LogP) is 0.767. The van der Waals surface area contributed by atoms with Crippen LogP contribution in [-0.2, 0) is 9.59 Å². The van der Waals surface area contributed by atoms with Crippen LogP contribution in [0.5, 0.6) is 0 Å². The topological polar surface area (TPSA) is 49.4 Å². The van der Waals surface area contributed by atoms with Crippen LogP contribution < -0.4 is 5.32 Å². The van der Waals surface area contributed by atoms with Gasteiger partial charge in [-0.2, -0.15) is 0 Å². The zero-order chi connectivity index (χ0) is 12.8. The second-order valence-corrected chi connectivity index (χ2v) is 4.96. The molecule has 0 aromatic rings. The third-order valence-electron chi connectivity index (χ3n) is 3.70. The highest BCUT2D eigenvalue weighted by Gasteiger charge is 2.56. The molecule has 1 saturated carbocycles. The number of carbonyl (C=O) groups excluding carboxylic acids is 2. The minimum atomic E-state index is -2.62. The van der Waals surface area contributed by atoms with Crippen LogP contribution in [0.2, 0.25) is 0 Å². The monoisotopic (exact) mass is 246 g/mol. The first-order valence-electron chi connectivity index (χ1n) is 5.78. The van der Waals surface area contributed by atoms with Gasteiger partial charge < -0.3 is 10.2 Å². The predicted molar refractivity (Wildman–Crippen MR) is 56.5 cm³/mol. The van der Waals surface area contributed by atoms with E-state index in [4.69, 9.17) is 0 Å². The number of piperazine rings is 1. The van der Waals surface area contributed by atoms with Gasteiger partial charge in [-0.3, -0.25) is 9.59 Å². The maximum Gasteiger partial charge on any atom is 0.255 e. The summed E-state index contributed by atoms with van der Waals surface area (Å²) in [5.41, 5.74) is -1.10. The minimum absolute atomic E-state index is 0.0118. The molecule has 0 spiro atoms. The minimum Gasteiger partial charge on any atom is -0.343 e. The first kappa shape index (κ1) is 12.3. The molecule has 2 rings (SSSR count). The van der Waals surface area contributed by atoms with E-state index < -0.39 is 30.5 Å². The Kier molecular flexibility index (Phi) is 2.83. The Morgan fingerprint density at radius 1 is 1.47 bits per heavy atom. The van der Waals surface area contributed by atoms with Crippen LogP contribution in [0.1, 0.15) is 26.7 Å². The SMILES string of the molecule is CC1NC(=O)C(C)(C2CC2)N(CC(F)F)C1=O. The Bertz CT molecular complexity index is 357. The first-order chi connectivity index (χ1) is 7.87. The number of nitrogens with zero attached hydrogens (tertiary/aromatic N) is 1. The summed E-state index contributed by atoms with van der Waals surface area (Å²) in [6.45, 7) is 2.45. The molecule has 2 aliphatic rings. The molecule has 6 heteroatoms. The van der Waals surface area contributed by atoms with Gasteiger partial charge in [0.2, 0.25) is 11.8 Å². The number of alkyl halides is 2. The van der Waals surface area contributed by atoms with Gasteiger partial charge in [0.1, 0.15) is 11.6 Å². The standard InChI is InChI=1S/C11H16F2N2O2/c1-6-9(16)15(5-8(12)13)11(2,7-3-4-7)10(17)14-6/h6-8H,3-5H2,1-2H3,(H,14,17). The number of carbonyl (C=O) groups is 2. The summed E-state index contributed by atoms with van der Waals surface area (Å²) < 4.78 is 25.1. The second kappa shape index (κ2) is 3.92. The Morgan fingerprint density at radius 2 is 2.06 bits per heavy atom. The molecule has 2 amide bonds. The Labute approximate surface area is 98.3 Å². The molecule has 96 valence electrons. The lowest BCUT2D eigenvalue weighted by molar-refractivity contribution is -0.160. The second-order valence-electron chi connectivity index (χ2n) is 4.96. The van der Waals surface area contributed by atoms with E-state index >= 15 is 0 Å². The van der Waals surface area contributed by atoms with Crippen molar-refractivity contribution in [2.75, 3.05) is 6.54 Å². The van der Waals surface area contributed by atoms with Crippen LogP contribution in [-0.4, -0.2) is 41.3 Å². The molecule has 1 aliphatic carbocycles. The third-order valence-corrected chi connectivity index (χ3v) is 3.70. The fraction of sp³-hybridized carbons (Fsp3) is 0.818. The van der Waals surface area contributed by atoms with Crippen molar-refractivity contribution in [1.82, 2.24) is 10.2 Å². The van der Waals surface area contributed by atoms with E-state index in [1.807, 2.05) is 0 Å². The highest BCUT2D eigenvalue weighted by Crippen LogP contribution is 2.44. The number of hydrogen-bond donors (Lipinski definition) is 1. The molecule has 0 aromatic carbocycles. The number of hydrogen-bond acceptors (Lipinski definition) is 2. The lowest BCUT2D eigenvalue weighted by Gasteiger charge is -2.45. The molecule has 4 nitrogen and oxygen atoms in total. The van der Waals surface area contributed by atoms with Crippen molar-refractivity contribution in [2.45, 2.75) is 44.7 Å². The van der Waals surface area contributed by atoms with E-state index in [0.717, 1.165) is 17.7 Å². The van der Waals surface area contributed by atoms with Crippen LogP contribution in [0.3, 0.4) is 0 Å². The summed E-state index contributed by atoms with van der Waals surface area (Å²) in [6, 6.07) is -0.715. The zero-order valence-electron chi connectivity index (χ0n) is 9.87. The lowest BCUT2D eigenvalue weighted by Crippen LogP contribution is -2.70. The van der Waals surface area contributed by atoms with Crippen molar-refractivity contribution in [1.29, 1.82) is 0 Å².